The van der Waals surface area contributed by atoms with E-state index >= 15 is 0 Å². The Morgan fingerprint density at radius 2 is 1.83 bits per heavy atom. The number of unbranched alkanes of at least 4 members (excludes halogenated alkanes) is 3. The highest BCUT2D eigenvalue weighted by molar-refractivity contribution is 6.03. The lowest BCUT2D eigenvalue weighted by atomic mass is 9.80. The Kier molecular flexibility index (Phi) is 9.11. The topological polar surface area (TPSA) is 72.9 Å². The van der Waals surface area contributed by atoms with Crippen molar-refractivity contribution in [3.63, 3.8) is 0 Å². The molecule has 2 rings (SSSR count). The van der Waals surface area contributed by atoms with E-state index in [0.717, 1.165) is 51.2 Å². The molecule has 2 N–H and O–H groups in total. The average molecular weight is 410 g/mol. The fraction of sp³-hybridized carbons (Fsp3) is 0.913. The molecule has 0 bridgehead atoms. The van der Waals surface area contributed by atoms with Crippen molar-refractivity contribution >= 4 is 11.8 Å². The number of carbonyl (C=O) groups is 2. The Bertz CT molecular complexity index is 544. The number of hydrogen-bond donors (Lipinski definition) is 2. The summed E-state index contributed by atoms with van der Waals surface area (Å²) in [5.74, 6) is 1.25. The first-order valence-electron chi connectivity index (χ1n) is 11.6. The molecule has 2 fully saturated rings. The zero-order valence-electron chi connectivity index (χ0n) is 19.2. The molecule has 6 heteroatoms. The largest absolute Gasteiger partial charge is 0.365 e. The van der Waals surface area contributed by atoms with Crippen molar-refractivity contribution in [2.45, 2.75) is 85.9 Å². The fourth-order valence-corrected chi connectivity index (χ4v) is 4.65. The summed E-state index contributed by atoms with van der Waals surface area (Å²) in [7, 11) is 0. The monoisotopic (exact) mass is 409 g/mol. The Hall–Kier alpha value is -0.980. The molecule has 0 aromatic rings. The minimum absolute atomic E-state index is 0.00803. The third kappa shape index (κ3) is 7.34. The molecule has 0 spiro atoms. The highest BCUT2D eigenvalue weighted by Gasteiger charge is 2.44. The molecule has 3 atom stereocenters. The number of carbonyl (C=O) groups excluding carboxylic acids is 2. The summed E-state index contributed by atoms with van der Waals surface area (Å²) in [4.78, 5) is 28.2. The molecule has 168 valence electrons. The molecule has 0 aromatic carbocycles. The number of likely N-dealkylation sites (tertiary alicyclic amines) is 2. The summed E-state index contributed by atoms with van der Waals surface area (Å²) in [6.07, 6.45) is 6.12. The van der Waals surface area contributed by atoms with E-state index in [0.29, 0.717) is 18.9 Å². The maximum Gasteiger partial charge on any atom is 0.233 e. The van der Waals surface area contributed by atoms with Crippen LogP contribution in [0.3, 0.4) is 0 Å². The zero-order valence-corrected chi connectivity index (χ0v) is 19.2. The van der Waals surface area contributed by atoms with Gasteiger partial charge < -0.3 is 5.11 Å². The molecule has 2 saturated heterocycles. The summed E-state index contributed by atoms with van der Waals surface area (Å²) in [6, 6.07) is 0. The molecule has 2 amide bonds. The third-order valence-corrected chi connectivity index (χ3v) is 6.39. The first-order valence-corrected chi connectivity index (χ1v) is 11.6. The molecular formula is C23H43N3O3. The van der Waals surface area contributed by atoms with Crippen LogP contribution in [0.4, 0.5) is 0 Å². The molecule has 0 radical (unpaired) electrons. The minimum atomic E-state index is -0.540. The summed E-state index contributed by atoms with van der Waals surface area (Å²) in [5.41, 5.74) is -0.155. The molecular weight excluding hydrogens is 366 g/mol. The second-order valence-corrected chi connectivity index (χ2v) is 10.5. The summed E-state index contributed by atoms with van der Waals surface area (Å²) in [6.45, 7) is 13.9. The van der Waals surface area contributed by atoms with Crippen LogP contribution in [0.15, 0.2) is 0 Å². The van der Waals surface area contributed by atoms with Gasteiger partial charge in [-0.3, -0.25) is 24.7 Å². The van der Waals surface area contributed by atoms with Crippen LogP contribution in [0.5, 0.6) is 0 Å². The first-order chi connectivity index (χ1) is 13.6. The van der Waals surface area contributed by atoms with Crippen LogP contribution in [0.1, 0.15) is 79.6 Å². The van der Waals surface area contributed by atoms with Crippen LogP contribution in [-0.2, 0) is 9.59 Å². The first kappa shape index (κ1) is 24.3. The van der Waals surface area contributed by atoms with Crippen LogP contribution in [0.25, 0.3) is 0 Å². The van der Waals surface area contributed by atoms with Crippen molar-refractivity contribution in [1.82, 2.24) is 15.1 Å². The molecule has 0 saturated carbocycles. The number of nitrogens with one attached hydrogen (secondary N) is 1. The van der Waals surface area contributed by atoms with E-state index in [9.17, 15) is 14.7 Å². The molecule has 2 heterocycles. The van der Waals surface area contributed by atoms with E-state index in [1.807, 2.05) is 20.8 Å². The van der Waals surface area contributed by atoms with E-state index in [4.69, 9.17) is 0 Å². The molecule has 29 heavy (non-hydrogen) atoms. The Morgan fingerprint density at radius 3 is 2.45 bits per heavy atom. The number of imide groups is 1. The van der Waals surface area contributed by atoms with Crippen LogP contribution < -0.4 is 5.32 Å². The molecule has 2 aliphatic rings. The van der Waals surface area contributed by atoms with E-state index in [-0.39, 0.29) is 23.1 Å². The van der Waals surface area contributed by atoms with E-state index < -0.39 is 6.35 Å². The molecule has 0 aromatic heterocycles. The van der Waals surface area contributed by atoms with Gasteiger partial charge in [-0.2, -0.15) is 0 Å². The molecule has 2 unspecified atom stereocenters. The maximum atomic E-state index is 12.5. The van der Waals surface area contributed by atoms with E-state index in [1.54, 1.807) is 0 Å². The predicted octanol–water partition coefficient (Wildman–Crippen LogP) is 3.20. The number of amides is 2. The average Bonchev–Trinajstić information content (AvgIpc) is 3.18. The summed E-state index contributed by atoms with van der Waals surface area (Å²) in [5, 5.41) is 13.6. The van der Waals surface area contributed by atoms with Crippen molar-refractivity contribution in [1.29, 1.82) is 0 Å². The second-order valence-electron chi connectivity index (χ2n) is 10.5. The van der Waals surface area contributed by atoms with Gasteiger partial charge in [-0.05, 0) is 49.5 Å². The number of hydrogen-bond acceptors (Lipinski definition) is 5. The quantitative estimate of drug-likeness (QED) is 0.311. The van der Waals surface area contributed by atoms with Gasteiger partial charge in [0.1, 0.15) is 0 Å². The fourth-order valence-electron chi connectivity index (χ4n) is 4.65. The predicted molar refractivity (Wildman–Crippen MR) is 116 cm³/mol. The number of nitrogens with zero attached hydrogens (tertiary/aromatic N) is 2. The minimum Gasteiger partial charge on any atom is -0.365 e. The molecule has 0 aliphatic carbocycles. The summed E-state index contributed by atoms with van der Waals surface area (Å²) >= 11 is 0. The van der Waals surface area contributed by atoms with Crippen molar-refractivity contribution in [2.75, 3.05) is 26.2 Å². The van der Waals surface area contributed by atoms with Crippen molar-refractivity contribution in [3.8, 4) is 0 Å². The smallest absolute Gasteiger partial charge is 0.233 e. The van der Waals surface area contributed by atoms with Gasteiger partial charge in [0.25, 0.3) is 0 Å². The van der Waals surface area contributed by atoms with Crippen LogP contribution in [0, 0.1) is 23.2 Å². The number of aliphatic hydroxyl groups excluding tert-OH is 1. The highest BCUT2D eigenvalue weighted by atomic mass is 16.3. The van der Waals surface area contributed by atoms with Crippen molar-refractivity contribution in [3.05, 3.63) is 0 Å². The number of aliphatic hydroxyl groups is 1. The standard InChI is InChI=1S/C23H43N3O3/c1-17(2)14-18-10-13-25(16-18)22(29)24-11-8-6-7-9-12-26-20(27)15-19(21(26)28)23(3,4)5/h17-19,22,24,29H,6-16H2,1-5H3/t18-,19?,22?/m0/s1. The van der Waals surface area contributed by atoms with Gasteiger partial charge in [0, 0.05) is 26.1 Å². The van der Waals surface area contributed by atoms with Gasteiger partial charge in [-0.1, -0.05) is 47.5 Å². The lowest BCUT2D eigenvalue weighted by Gasteiger charge is -2.25. The number of rotatable bonds is 11. The second kappa shape index (κ2) is 10.9. The lowest BCUT2D eigenvalue weighted by molar-refractivity contribution is -0.140. The summed E-state index contributed by atoms with van der Waals surface area (Å²) < 4.78 is 0. The molecule has 6 nitrogen and oxygen atoms in total. The zero-order chi connectivity index (χ0) is 21.6. The molecule has 2 aliphatic heterocycles. The normalized spacial score (nSPS) is 24.9. The van der Waals surface area contributed by atoms with Crippen LogP contribution in [0.2, 0.25) is 0 Å². The Morgan fingerprint density at radius 1 is 1.14 bits per heavy atom. The lowest BCUT2D eigenvalue weighted by Crippen LogP contribution is -2.44. The van der Waals surface area contributed by atoms with Crippen LogP contribution in [-0.4, -0.2) is 59.3 Å². The van der Waals surface area contributed by atoms with E-state index in [2.05, 4.69) is 24.1 Å². The van der Waals surface area contributed by atoms with Gasteiger partial charge in [0.15, 0.2) is 6.35 Å². The van der Waals surface area contributed by atoms with E-state index in [1.165, 1.54) is 17.7 Å². The maximum absolute atomic E-state index is 12.5. The SMILES string of the molecule is CC(C)C[C@@H]1CCN(C(O)NCCCCCCN2C(=O)CC(C(C)(C)C)C2=O)C1. The van der Waals surface area contributed by atoms with Gasteiger partial charge in [-0.15, -0.1) is 0 Å². The Labute approximate surface area is 177 Å². The van der Waals surface area contributed by atoms with Crippen LogP contribution >= 0.6 is 0 Å². The van der Waals surface area contributed by atoms with Crippen molar-refractivity contribution in [2.24, 2.45) is 23.2 Å². The van der Waals surface area contributed by atoms with Crippen molar-refractivity contribution < 1.29 is 14.7 Å². The third-order valence-electron chi connectivity index (χ3n) is 6.39. The highest BCUT2D eigenvalue weighted by Crippen LogP contribution is 2.35. The van der Waals surface area contributed by atoms with Gasteiger partial charge >= 0.3 is 0 Å². The van der Waals surface area contributed by atoms with Gasteiger partial charge in [0.2, 0.25) is 11.8 Å². The van der Waals surface area contributed by atoms with Gasteiger partial charge in [-0.25, -0.2) is 0 Å². The van der Waals surface area contributed by atoms with Gasteiger partial charge in [0.05, 0.1) is 5.92 Å². The Balaban J connectivity index is 1.54.